The Balaban J connectivity index is 1.76. The molecule has 2 heterocycles. The summed E-state index contributed by atoms with van der Waals surface area (Å²) in [6.07, 6.45) is 0.224. The molecule has 7 nitrogen and oxygen atoms in total. The van der Waals surface area contributed by atoms with Crippen molar-refractivity contribution >= 4 is 5.96 Å². The monoisotopic (exact) mass is 341 g/mol. The van der Waals surface area contributed by atoms with E-state index in [9.17, 15) is 0 Å². The highest BCUT2D eigenvalue weighted by molar-refractivity contribution is 5.79. The lowest BCUT2D eigenvalue weighted by atomic mass is 10.0. The first kappa shape index (κ1) is 19.4. The van der Waals surface area contributed by atoms with Crippen LogP contribution in [-0.4, -0.2) is 101 Å². The summed E-state index contributed by atoms with van der Waals surface area (Å²) < 4.78 is 11.3. The number of hydrogen-bond donors (Lipinski definition) is 2. The molecule has 0 amide bonds. The zero-order valence-corrected chi connectivity index (χ0v) is 15.8. The van der Waals surface area contributed by atoms with Gasteiger partial charge in [-0.3, -0.25) is 9.89 Å². The van der Waals surface area contributed by atoms with Crippen LogP contribution in [0.25, 0.3) is 0 Å². The third-order valence-electron chi connectivity index (χ3n) is 4.83. The molecule has 2 rings (SSSR count). The van der Waals surface area contributed by atoms with Crippen molar-refractivity contribution in [1.29, 1.82) is 0 Å². The lowest BCUT2D eigenvalue weighted by Crippen LogP contribution is -2.53. The Hall–Kier alpha value is -0.890. The maximum absolute atomic E-state index is 5.79. The molecule has 24 heavy (non-hydrogen) atoms. The molecule has 0 bridgehead atoms. The van der Waals surface area contributed by atoms with E-state index in [1.54, 1.807) is 0 Å². The van der Waals surface area contributed by atoms with Crippen molar-refractivity contribution in [2.45, 2.75) is 26.0 Å². The van der Waals surface area contributed by atoms with Crippen molar-refractivity contribution in [2.75, 3.05) is 73.2 Å². The molecule has 2 saturated heterocycles. The molecule has 2 aliphatic heterocycles. The Bertz CT molecular complexity index is 385. The summed E-state index contributed by atoms with van der Waals surface area (Å²) in [6.45, 7) is 12.7. The van der Waals surface area contributed by atoms with Crippen LogP contribution in [0, 0.1) is 5.92 Å². The molecule has 0 aromatic heterocycles. The molecule has 0 radical (unpaired) electrons. The van der Waals surface area contributed by atoms with Gasteiger partial charge in [-0.15, -0.1) is 0 Å². The maximum atomic E-state index is 5.79. The van der Waals surface area contributed by atoms with Crippen molar-refractivity contribution in [3.8, 4) is 0 Å². The molecule has 0 saturated carbocycles. The first-order chi connectivity index (χ1) is 11.6. The van der Waals surface area contributed by atoms with Gasteiger partial charge in [0.25, 0.3) is 0 Å². The molecule has 0 aromatic rings. The second kappa shape index (κ2) is 10.2. The topological polar surface area (TPSA) is 61.4 Å². The van der Waals surface area contributed by atoms with Gasteiger partial charge in [-0.2, -0.15) is 0 Å². The van der Waals surface area contributed by atoms with Crippen LogP contribution in [0.1, 0.15) is 13.8 Å². The van der Waals surface area contributed by atoms with E-state index in [-0.39, 0.29) is 6.10 Å². The molecule has 7 heteroatoms. The van der Waals surface area contributed by atoms with Crippen LogP contribution in [0.15, 0.2) is 4.99 Å². The molecule has 140 valence electrons. The summed E-state index contributed by atoms with van der Waals surface area (Å²) in [4.78, 5) is 9.18. The quantitative estimate of drug-likeness (QED) is 0.517. The number of aliphatic imine (C=N–C) groups is 1. The van der Waals surface area contributed by atoms with E-state index in [2.05, 4.69) is 46.3 Å². The van der Waals surface area contributed by atoms with Crippen LogP contribution in [-0.2, 0) is 9.47 Å². The van der Waals surface area contributed by atoms with E-state index in [1.807, 2.05) is 7.05 Å². The average Bonchev–Trinajstić information content (AvgIpc) is 2.58. The second-order valence-corrected chi connectivity index (χ2v) is 7.05. The number of morpholine rings is 2. The highest BCUT2D eigenvalue weighted by Crippen LogP contribution is 2.12. The van der Waals surface area contributed by atoms with E-state index in [0.29, 0.717) is 12.0 Å². The Labute approximate surface area is 146 Å². The first-order valence-electron chi connectivity index (χ1n) is 9.16. The largest absolute Gasteiger partial charge is 0.379 e. The van der Waals surface area contributed by atoms with Crippen LogP contribution in [0.2, 0.25) is 0 Å². The van der Waals surface area contributed by atoms with Crippen LogP contribution in [0.3, 0.4) is 0 Å². The van der Waals surface area contributed by atoms with Gasteiger partial charge in [0, 0.05) is 52.4 Å². The minimum absolute atomic E-state index is 0.224. The van der Waals surface area contributed by atoms with Gasteiger partial charge in [0.1, 0.15) is 0 Å². The highest BCUT2D eigenvalue weighted by atomic mass is 16.5. The highest BCUT2D eigenvalue weighted by Gasteiger charge is 2.24. The summed E-state index contributed by atoms with van der Waals surface area (Å²) in [7, 11) is 3.96. The molecule has 2 aliphatic rings. The van der Waals surface area contributed by atoms with E-state index in [1.165, 1.54) is 0 Å². The van der Waals surface area contributed by atoms with Gasteiger partial charge in [-0.05, 0) is 13.0 Å². The van der Waals surface area contributed by atoms with Gasteiger partial charge in [0.05, 0.1) is 25.9 Å². The zero-order valence-electron chi connectivity index (χ0n) is 15.8. The van der Waals surface area contributed by atoms with Gasteiger partial charge in [-0.25, -0.2) is 0 Å². The number of likely N-dealkylation sites (N-methyl/N-ethyl adjacent to an activating group) is 1. The van der Waals surface area contributed by atoms with Gasteiger partial charge in [-0.1, -0.05) is 13.8 Å². The van der Waals surface area contributed by atoms with Gasteiger partial charge in [0.15, 0.2) is 5.96 Å². The number of ether oxygens (including phenoxy) is 2. The summed E-state index contributed by atoms with van der Waals surface area (Å²) >= 11 is 0. The minimum atomic E-state index is 0.224. The number of nitrogens with zero attached hydrogens (tertiary/aromatic N) is 3. The fourth-order valence-electron chi connectivity index (χ4n) is 3.32. The van der Waals surface area contributed by atoms with Crippen LogP contribution >= 0.6 is 0 Å². The predicted octanol–water partition coefficient (Wildman–Crippen LogP) is -0.161. The smallest absolute Gasteiger partial charge is 0.191 e. The fraction of sp³-hybridized carbons (Fsp3) is 0.941. The minimum Gasteiger partial charge on any atom is -0.379 e. The Morgan fingerprint density at radius 2 is 1.92 bits per heavy atom. The molecular formula is C17H35N5O2. The van der Waals surface area contributed by atoms with Crippen LogP contribution in [0.5, 0.6) is 0 Å². The molecule has 2 atom stereocenters. The Kier molecular flexibility index (Phi) is 8.24. The van der Waals surface area contributed by atoms with Crippen molar-refractivity contribution in [3.63, 3.8) is 0 Å². The summed E-state index contributed by atoms with van der Waals surface area (Å²) in [5.74, 6) is 1.44. The van der Waals surface area contributed by atoms with Crippen molar-refractivity contribution in [2.24, 2.45) is 10.9 Å². The molecule has 2 fully saturated rings. The average molecular weight is 342 g/mol. The van der Waals surface area contributed by atoms with Gasteiger partial charge >= 0.3 is 0 Å². The lowest BCUT2D eigenvalue weighted by molar-refractivity contribution is -0.0161. The zero-order chi connectivity index (χ0) is 17.4. The van der Waals surface area contributed by atoms with E-state index >= 15 is 0 Å². The second-order valence-electron chi connectivity index (χ2n) is 7.05. The predicted molar refractivity (Wildman–Crippen MR) is 97.6 cm³/mol. The van der Waals surface area contributed by atoms with E-state index < -0.39 is 0 Å². The van der Waals surface area contributed by atoms with Crippen molar-refractivity contribution in [1.82, 2.24) is 20.4 Å². The molecule has 2 unspecified atom stereocenters. The fourth-order valence-corrected chi connectivity index (χ4v) is 3.32. The number of hydrogen-bond acceptors (Lipinski definition) is 5. The molecular weight excluding hydrogens is 306 g/mol. The molecule has 0 aliphatic carbocycles. The molecule has 0 aromatic carbocycles. The number of nitrogens with one attached hydrogen (secondary N) is 2. The normalized spacial score (nSPS) is 25.7. The number of rotatable bonds is 6. The molecule has 2 N–H and O–H groups in total. The number of guanidine groups is 1. The van der Waals surface area contributed by atoms with Crippen molar-refractivity contribution in [3.05, 3.63) is 0 Å². The lowest BCUT2D eigenvalue weighted by Gasteiger charge is -2.37. The Morgan fingerprint density at radius 1 is 1.17 bits per heavy atom. The van der Waals surface area contributed by atoms with Crippen molar-refractivity contribution < 1.29 is 9.47 Å². The maximum Gasteiger partial charge on any atom is 0.191 e. The van der Waals surface area contributed by atoms with Gasteiger partial charge < -0.3 is 25.0 Å². The SMILES string of the molecule is CN=C(NCC1CN(C)CCO1)NCC(C(C)C)N1CCOCC1. The van der Waals surface area contributed by atoms with E-state index in [4.69, 9.17) is 9.47 Å². The Morgan fingerprint density at radius 3 is 2.54 bits per heavy atom. The van der Waals surface area contributed by atoms with E-state index in [0.717, 1.165) is 65.0 Å². The third-order valence-corrected chi connectivity index (χ3v) is 4.83. The summed E-state index contributed by atoms with van der Waals surface area (Å²) in [5.41, 5.74) is 0. The van der Waals surface area contributed by atoms with Crippen LogP contribution < -0.4 is 10.6 Å². The molecule has 0 spiro atoms. The standard InChI is InChI=1S/C17H35N5O2/c1-14(2)16(22-6-8-23-9-7-22)12-20-17(18-3)19-11-15-13-21(4)5-10-24-15/h14-16H,5-13H2,1-4H3,(H2,18,19,20). The first-order valence-corrected chi connectivity index (χ1v) is 9.16. The summed E-state index contributed by atoms with van der Waals surface area (Å²) in [5, 5.41) is 6.89. The third kappa shape index (κ3) is 6.20. The van der Waals surface area contributed by atoms with Gasteiger partial charge in [0.2, 0.25) is 0 Å². The summed E-state index contributed by atoms with van der Waals surface area (Å²) in [6, 6.07) is 0.490. The van der Waals surface area contributed by atoms with Crippen LogP contribution in [0.4, 0.5) is 0 Å².